The smallest absolute Gasteiger partial charge is 0.268 e. The van der Waals surface area contributed by atoms with E-state index in [1.807, 2.05) is 11.3 Å². The Labute approximate surface area is 401 Å². The molecule has 0 unspecified atom stereocenters. The number of hydrogen-bond donors (Lipinski definition) is 0. The van der Waals surface area contributed by atoms with Crippen molar-refractivity contribution >= 4 is 99.9 Å². The molecule has 0 amide bonds. The molecule has 0 spiro atoms. The van der Waals surface area contributed by atoms with Crippen LogP contribution in [0.25, 0.3) is 32.0 Å². The number of para-hydroxylation sites is 1. The largest absolute Gasteiger partial charge is 0.457 e. The molecule has 0 bridgehead atoms. The maximum absolute atomic E-state index is 7.25. The predicted molar refractivity (Wildman–Crippen MR) is 289 cm³/mol. The van der Waals surface area contributed by atoms with Gasteiger partial charge in [-0.15, -0.1) is 11.3 Å². The second-order valence-electron chi connectivity index (χ2n) is 23.2. The third-order valence-electron chi connectivity index (χ3n) is 14.2. The van der Waals surface area contributed by atoms with E-state index in [2.05, 4.69) is 233 Å². The second kappa shape index (κ2) is 14.9. The zero-order valence-electron chi connectivity index (χ0n) is 41.4. The number of benzene rings is 7. The minimum atomic E-state index is -0.0660. The van der Waals surface area contributed by atoms with Crippen LogP contribution >= 0.6 is 11.3 Å². The number of aryl methyl sites for hydroxylation is 1. The SMILES string of the molecule is Cc1cc2c3c(c1)N(c1cc(N(c4ccc(C(C)(C)C)cc4)c4ccc(C(C)(C)C)cc4)cc4c1oc1ccccc14)c1ccc(C(C)(C)C)cc1B3c1sc3ccc(C(C)(C)C)cc3c1O2. The Bertz CT molecular complexity index is 3380. The van der Waals surface area contributed by atoms with Crippen LogP contribution in [0.5, 0.6) is 11.5 Å². The zero-order valence-corrected chi connectivity index (χ0v) is 42.2. The van der Waals surface area contributed by atoms with Crippen LogP contribution in [-0.2, 0) is 21.7 Å². The number of anilines is 6. The van der Waals surface area contributed by atoms with Gasteiger partial charge in [0, 0.05) is 54.1 Å². The number of rotatable bonds is 4. The van der Waals surface area contributed by atoms with Crippen LogP contribution in [0.2, 0.25) is 0 Å². The van der Waals surface area contributed by atoms with Crippen molar-refractivity contribution in [2.45, 2.75) is 112 Å². The van der Waals surface area contributed by atoms with E-state index >= 15 is 0 Å². The van der Waals surface area contributed by atoms with E-state index in [-0.39, 0.29) is 28.4 Å². The molecular weight excluding hydrogens is 836 g/mol. The predicted octanol–water partition coefficient (Wildman–Crippen LogP) is 16.2. The molecule has 0 aliphatic carbocycles. The van der Waals surface area contributed by atoms with Crippen molar-refractivity contribution in [2.75, 3.05) is 9.80 Å². The number of thiophene rings is 1. The van der Waals surface area contributed by atoms with E-state index in [1.165, 1.54) is 48.0 Å². The molecular formula is C61H61BN2O2S. The summed E-state index contributed by atoms with van der Waals surface area (Å²) in [4.78, 5) is 4.91. The summed E-state index contributed by atoms with van der Waals surface area (Å²) in [5.74, 6) is 1.91. The average Bonchev–Trinajstić information content (AvgIpc) is 3.83. The maximum Gasteiger partial charge on any atom is 0.268 e. The highest BCUT2D eigenvalue weighted by molar-refractivity contribution is 7.33. The van der Waals surface area contributed by atoms with Crippen LogP contribution < -0.4 is 30.2 Å². The Morgan fingerprint density at radius 2 is 1.09 bits per heavy atom. The van der Waals surface area contributed by atoms with E-state index < -0.39 is 0 Å². The molecule has 0 fully saturated rings. The Balaban J connectivity index is 1.20. The fourth-order valence-electron chi connectivity index (χ4n) is 10.3. The van der Waals surface area contributed by atoms with Gasteiger partial charge in [-0.2, -0.15) is 0 Å². The molecule has 0 saturated heterocycles. The summed E-state index contributed by atoms with van der Waals surface area (Å²) in [6, 6.07) is 50.3. The molecule has 0 atom stereocenters. The van der Waals surface area contributed by atoms with Crippen LogP contribution in [0.4, 0.5) is 34.1 Å². The van der Waals surface area contributed by atoms with Gasteiger partial charge in [0.05, 0.1) is 5.69 Å². The first-order valence-corrected chi connectivity index (χ1v) is 24.8. The quantitative estimate of drug-likeness (QED) is 0.165. The van der Waals surface area contributed by atoms with Gasteiger partial charge >= 0.3 is 0 Å². The van der Waals surface area contributed by atoms with E-state index in [0.717, 1.165) is 73.1 Å². The number of furan rings is 1. The molecule has 336 valence electrons. The number of ether oxygens (including phenoxy) is 1. The number of nitrogens with zero attached hydrogens (tertiary/aromatic N) is 2. The van der Waals surface area contributed by atoms with E-state index in [4.69, 9.17) is 9.15 Å². The molecule has 6 heteroatoms. The highest BCUT2D eigenvalue weighted by Crippen LogP contribution is 2.50. The topological polar surface area (TPSA) is 28.9 Å². The number of hydrogen-bond acceptors (Lipinski definition) is 5. The van der Waals surface area contributed by atoms with Crippen molar-refractivity contribution in [3.63, 3.8) is 0 Å². The average molecular weight is 897 g/mol. The molecule has 11 rings (SSSR count). The van der Waals surface area contributed by atoms with Crippen molar-refractivity contribution in [1.29, 1.82) is 0 Å². The molecule has 2 aliphatic heterocycles. The maximum atomic E-state index is 7.25. The molecule has 0 N–H and O–H groups in total. The highest BCUT2D eigenvalue weighted by Gasteiger charge is 2.45. The zero-order chi connectivity index (χ0) is 47.1. The van der Waals surface area contributed by atoms with Gasteiger partial charge in [0.2, 0.25) is 0 Å². The van der Waals surface area contributed by atoms with Crippen molar-refractivity contribution in [2.24, 2.45) is 0 Å². The van der Waals surface area contributed by atoms with Crippen LogP contribution in [0, 0.1) is 6.92 Å². The first-order valence-electron chi connectivity index (χ1n) is 23.9. The highest BCUT2D eigenvalue weighted by atomic mass is 32.1. The van der Waals surface area contributed by atoms with Gasteiger partial charge < -0.3 is 19.0 Å². The molecule has 7 aromatic carbocycles. The third kappa shape index (κ3) is 7.17. The lowest BCUT2D eigenvalue weighted by Gasteiger charge is -2.40. The Morgan fingerprint density at radius 1 is 0.507 bits per heavy atom. The summed E-state index contributed by atoms with van der Waals surface area (Å²) >= 11 is 1.88. The standard InChI is InChI=1S/C61H61BN2O2S/c1-36-30-49-54-52(31-36)66-56-46-32-39(60(8,9)10)23-29-53(46)67-57(56)62(54)47-33-40(61(11,12)13)22-28-48(47)64(49)50-35-43(34-45-44-16-14-15-17-51(44)65-55(45)50)63(41-24-18-37(19-25-41)58(2,3)4)42-26-20-38(21-27-42)59(5,6)7/h14-35H,1-13H3. The summed E-state index contributed by atoms with van der Waals surface area (Å²) in [6.07, 6.45) is 0. The molecule has 2 aromatic heterocycles. The monoisotopic (exact) mass is 896 g/mol. The summed E-state index contributed by atoms with van der Waals surface area (Å²) in [7, 11) is 0. The van der Waals surface area contributed by atoms with E-state index in [9.17, 15) is 0 Å². The van der Waals surface area contributed by atoms with Gasteiger partial charge in [0.1, 0.15) is 17.1 Å². The van der Waals surface area contributed by atoms with Gasteiger partial charge in [-0.1, -0.05) is 144 Å². The van der Waals surface area contributed by atoms with Crippen LogP contribution in [-0.4, -0.2) is 6.71 Å². The summed E-state index contributed by atoms with van der Waals surface area (Å²) in [5.41, 5.74) is 17.0. The lowest BCUT2D eigenvalue weighted by atomic mass is 9.36. The molecule has 4 heterocycles. The first kappa shape index (κ1) is 43.3. The normalized spacial score (nSPS) is 13.8. The van der Waals surface area contributed by atoms with Gasteiger partial charge in [-0.3, -0.25) is 0 Å². The number of fused-ring (bicyclic) bond motifs is 9. The fraction of sp³-hybridized carbons (Fsp3) is 0.279. The van der Waals surface area contributed by atoms with Crippen LogP contribution in [0.3, 0.4) is 0 Å². The fourth-order valence-corrected chi connectivity index (χ4v) is 11.5. The lowest BCUT2D eigenvalue weighted by molar-refractivity contribution is 0.494. The van der Waals surface area contributed by atoms with Crippen LogP contribution in [0.1, 0.15) is 111 Å². The minimum Gasteiger partial charge on any atom is -0.457 e. The summed E-state index contributed by atoms with van der Waals surface area (Å²) in [6.45, 7) is 29.7. The third-order valence-corrected chi connectivity index (χ3v) is 15.4. The molecule has 0 radical (unpaired) electrons. The van der Waals surface area contributed by atoms with Gasteiger partial charge in [0.15, 0.2) is 5.58 Å². The van der Waals surface area contributed by atoms with E-state index in [0.29, 0.717) is 0 Å². The summed E-state index contributed by atoms with van der Waals surface area (Å²) in [5, 5.41) is 3.35. The van der Waals surface area contributed by atoms with Gasteiger partial charge in [-0.25, -0.2) is 0 Å². The van der Waals surface area contributed by atoms with Crippen molar-refractivity contribution in [3.05, 3.63) is 161 Å². The first-order chi connectivity index (χ1) is 31.6. The Morgan fingerprint density at radius 3 is 1.72 bits per heavy atom. The summed E-state index contributed by atoms with van der Waals surface area (Å²) < 4.78 is 16.8. The molecule has 67 heavy (non-hydrogen) atoms. The second-order valence-corrected chi connectivity index (χ2v) is 24.3. The van der Waals surface area contributed by atoms with Crippen molar-refractivity contribution in [1.82, 2.24) is 0 Å². The van der Waals surface area contributed by atoms with Crippen molar-refractivity contribution in [3.8, 4) is 11.5 Å². The molecule has 4 nitrogen and oxygen atoms in total. The molecule has 9 aromatic rings. The Kier molecular flexibility index (Phi) is 9.63. The lowest BCUT2D eigenvalue weighted by Crippen LogP contribution is -2.58. The minimum absolute atomic E-state index is 0.0107. The van der Waals surface area contributed by atoms with Gasteiger partial charge in [0.25, 0.3) is 6.71 Å². The van der Waals surface area contributed by atoms with Crippen LogP contribution in [0.15, 0.2) is 138 Å². The Hall–Kier alpha value is -6.24. The van der Waals surface area contributed by atoms with Crippen molar-refractivity contribution < 1.29 is 9.15 Å². The molecule has 2 aliphatic rings. The van der Waals surface area contributed by atoms with E-state index in [1.54, 1.807) is 0 Å². The molecule has 0 saturated carbocycles. The van der Waals surface area contributed by atoms with Gasteiger partial charge in [-0.05, 0) is 140 Å².